The monoisotopic (exact) mass is 624 g/mol. The van der Waals surface area contributed by atoms with Gasteiger partial charge in [0.25, 0.3) is 11.8 Å². The predicted octanol–water partition coefficient (Wildman–Crippen LogP) is 2.22. The van der Waals surface area contributed by atoms with Crippen molar-refractivity contribution in [1.29, 1.82) is 0 Å². The number of aromatic nitrogens is 3. The number of amides is 4. The van der Waals surface area contributed by atoms with E-state index in [0.717, 1.165) is 22.1 Å². The molecule has 2 atom stereocenters. The fraction of sp³-hybridized carbons (Fsp3) is 0.357. The maximum Gasteiger partial charge on any atom is 0.322 e. The van der Waals surface area contributed by atoms with Crippen LogP contribution < -0.4 is 10.6 Å². The molecule has 0 radical (unpaired) electrons. The largest absolute Gasteiger partial charge is 0.423 e. The lowest BCUT2D eigenvalue weighted by molar-refractivity contribution is -0.123. The number of nitrogens with zero attached hydrogens (tertiary/aromatic N) is 4. The van der Waals surface area contributed by atoms with E-state index in [2.05, 4.69) is 25.8 Å². The molecule has 4 amide bonds. The first-order valence-corrected chi connectivity index (χ1v) is 16.3. The van der Waals surface area contributed by atoms with Crippen molar-refractivity contribution in [1.82, 2.24) is 30.7 Å². The van der Waals surface area contributed by atoms with Crippen LogP contribution in [0.1, 0.15) is 52.2 Å². The number of aliphatic hydroxyl groups is 1. The zero-order valence-electron chi connectivity index (χ0n) is 23.2. The summed E-state index contributed by atoms with van der Waals surface area (Å²) < 4.78 is 32.3. The molecule has 2 aromatic carbocycles. The molecule has 2 unspecified atom stereocenters. The fourth-order valence-electron chi connectivity index (χ4n) is 5.24. The van der Waals surface area contributed by atoms with Gasteiger partial charge in [0.15, 0.2) is 15.1 Å². The zero-order valence-corrected chi connectivity index (χ0v) is 24.9. The molecule has 4 heterocycles. The lowest BCUT2D eigenvalue weighted by atomic mass is 9.98. The molecule has 13 nitrogen and oxygen atoms in total. The van der Waals surface area contributed by atoms with E-state index in [4.69, 9.17) is 4.42 Å². The normalized spacial score (nSPS) is 20.3. The summed E-state index contributed by atoms with van der Waals surface area (Å²) in [6.07, 6.45) is 1.67. The Bertz CT molecular complexity index is 1860. The van der Waals surface area contributed by atoms with Crippen LogP contribution in [0.3, 0.4) is 0 Å². The smallest absolute Gasteiger partial charge is 0.322 e. The van der Waals surface area contributed by atoms with Crippen molar-refractivity contribution in [3.63, 3.8) is 0 Å². The highest BCUT2D eigenvalue weighted by molar-refractivity contribution is 7.91. The number of carbonyl (C=O) groups excluding carboxylic acids is 3. The van der Waals surface area contributed by atoms with E-state index in [1.165, 1.54) is 18.3 Å². The first-order chi connectivity index (χ1) is 20.4. The third kappa shape index (κ3) is 5.75. The molecule has 2 aliphatic rings. The average molecular weight is 625 g/mol. The molecule has 4 aromatic rings. The molecule has 3 N–H and O–H groups in total. The van der Waals surface area contributed by atoms with Gasteiger partial charge >= 0.3 is 6.03 Å². The Hall–Kier alpha value is -4.21. The molecule has 0 aliphatic carbocycles. The minimum atomic E-state index is -3.81. The van der Waals surface area contributed by atoms with Gasteiger partial charge < -0.3 is 19.7 Å². The lowest BCUT2D eigenvalue weighted by Gasteiger charge is -2.29. The molecule has 6 rings (SSSR count). The number of aliphatic hydroxyl groups excluding tert-OH is 1. The van der Waals surface area contributed by atoms with E-state index in [9.17, 15) is 27.9 Å². The van der Waals surface area contributed by atoms with E-state index in [1.807, 2.05) is 30.3 Å². The van der Waals surface area contributed by atoms with Crippen molar-refractivity contribution in [2.45, 2.75) is 43.1 Å². The highest BCUT2D eigenvalue weighted by atomic mass is 32.2. The van der Waals surface area contributed by atoms with Gasteiger partial charge in [0, 0.05) is 24.9 Å². The molecule has 0 spiro atoms. The molecular formula is C28H28N6O7S2. The number of nitrogens with one attached hydrogen (secondary N) is 2. The Morgan fingerprint density at radius 1 is 1.16 bits per heavy atom. The van der Waals surface area contributed by atoms with Crippen molar-refractivity contribution in [3.05, 3.63) is 64.8 Å². The van der Waals surface area contributed by atoms with Gasteiger partial charge in [-0.2, -0.15) is 0 Å². The van der Waals surface area contributed by atoms with Crippen LogP contribution in [0.25, 0.3) is 21.3 Å². The summed E-state index contributed by atoms with van der Waals surface area (Å²) in [7, 11) is -3.81. The molecule has 0 bridgehead atoms. The molecule has 43 heavy (non-hydrogen) atoms. The summed E-state index contributed by atoms with van der Waals surface area (Å²) in [5, 5.41) is 21.2. The van der Waals surface area contributed by atoms with Gasteiger partial charge in [0.05, 0.1) is 22.7 Å². The Balaban J connectivity index is 1.27. The number of imide groups is 1. The lowest BCUT2D eigenvalue weighted by Crippen LogP contribution is -2.45. The summed E-state index contributed by atoms with van der Waals surface area (Å²) in [6.45, 7) is 2.52. The molecule has 15 heteroatoms. The van der Waals surface area contributed by atoms with Crippen molar-refractivity contribution in [2.75, 3.05) is 19.3 Å². The van der Waals surface area contributed by atoms with Crippen LogP contribution in [0.15, 0.2) is 46.9 Å². The second-order valence-electron chi connectivity index (χ2n) is 11.0. The fourth-order valence-corrected chi connectivity index (χ4v) is 7.77. The third-order valence-electron chi connectivity index (χ3n) is 7.58. The molecule has 2 saturated heterocycles. The van der Waals surface area contributed by atoms with Crippen LogP contribution in [0.4, 0.5) is 4.79 Å². The van der Waals surface area contributed by atoms with Gasteiger partial charge in [-0.05, 0) is 55.2 Å². The van der Waals surface area contributed by atoms with Crippen LogP contribution in [0.5, 0.6) is 0 Å². The Morgan fingerprint density at radius 2 is 1.91 bits per heavy atom. The minimum absolute atomic E-state index is 0.0120. The van der Waals surface area contributed by atoms with Gasteiger partial charge in [-0.15, -0.1) is 21.5 Å². The molecule has 224 valence electrons. The molecule has 2 aliphatic heterocycles. The standard InChI is InChI=1S/C28H28N6O7S2/c1-28(26(37)30-27(38)31-28)14-21-32-33-23(41-21)22(43(2,39)40)24-29-19-7-6-16(13-20(19)42-24)15-4-3-5-17(12-15)25(36)34-10-8-18(35)9-11-34/h3-7,12-13,18,22,35H,8-11,14H2,1-2H3,(H2,30,31,37,38). The number of benzene rings is 2. The first-order valence-electron chi connectivity index (χ1n) is 13.5. The molecule has 2 fully saturated rings. The Labute approximate surface area is 250 Å². The maximum atomic E-state index is 13.1. The number of piperidine rings is 1. The Morgan fingerprint density at radius 3 is 2.60 bits per heavy atom. The summed E-state index contributed by atoms with van der Waals surface area (Å²) >= 11 is 1.17. The van der Waals surface area contributed by atoms with E-state index in [-0.39, 0.29) is 35.2 Å². The SMILES string of the molecule is CC1(Cc2nnc(C(c3nc4ccc(-c5cccc(C(=O)N6CCC(O)CC6)c5)cc4s3)S(C)(=O)=O)o2)NC(=O)NC1=O. The van der Waals surface area contributed by atoms with Gasteiger partial charge in [0.2, 0.25) is 11.8 Å². The van der Waals surface area contributed by atoms with Crippen molar-refractivity contribution in [2.24, 2.45) is 0 Å². The number of sulfone groups is 1. The van der Waals surface area contributed by atoms with E-state index < -0.39 is 32.6 Å². The van der Waals surface area contributed by atoms with Crippen molar-refractivity contribution >= 4 is 49.2 Å². The van der Waals surface area contributed by atoms with E-state index >= 15 is 0 Å². The third-order valence-corrected chi connectivity index (χ3v) is 10.1. The summed E-state index contributed by atoms with van der Waals surface area (Å²) in [6, 6.07) is 12.2. The first kappa shape index (κ1) is 28.9. The number of hydrogen-bond acceptors (Lipinski definition) is 11. The van der Waals surface area contributed by atoms with Gasteiger partial charge in [0.1, 0.15) is 10.5 Å². The van der Waals surface area contributed by atoms with Crippen LogP contribution in [-0.4, -0.2) is 82.4 Å². The average Bonchev–Trinajstić information content (AvgIpc) is 3.64. The van der Waals surface area contributed by atoms with Crippen LogP contribution in [-0.2, 0) is 21.1 Å². The second-order valence-corrected chi connectivity index (χ2v) is 14.2. The molecule has 2 aromatic heterocycles. The number of likely N-dealkylation sites (tertiary alicyclic amines) is 1. The Kier molecular flexibility index (Phi) is 7.26. The number of urea groups is 1. The van der Waals surface area contributed by atoms with Gasteiger partial charge in [-0.25, -0.2) is 18.2 Å². The summed E-state index contributed by atoms with van der Waals surface area (Å²) in [5.41, 5.74) is 1.46. The summed E-state index contributed by atoms with van der Waals surface area (Å²) in [4.78, 5) is 43.2. The highest BCUT2D eigenvalue weighted by Crippen LogP contribution is 2.37. The van der Waals surface area contributed by atoms with Crippen LogP contribution in [0, 0.1) is 0 Å². The maximum absolute atomic E-state index is 13.1. The van der Waals surface area contributed by atoms with Gasteiger partial charge in [-0.3, -0.25) is 14.9 Å². The summed E-state index contributed by atoms with van der Waals surface area (Å²) in [5.74, 6) is -0.849. The predicted molar refractivity (Wildman–Crippen MR) is 156 cm³/mol. The van der Waals surface area contributed by atoms with Crippen molar-refractivity contribution in [3.8, 4) is 11.1 Å². The number of thiazole rings is 1. The highest BCUT2D eigenvalue weighted by Gasteiger charge is 2.44. The second kappa shape index (κ2) is 10.8. The van der Waals surface area contributed by atoms with Crippen LogP contribution in [0.2, 0.25) is 0 Å². The number of carbonyl (C=O) groups is 3. The number of fused-ring (bicyclic) bond motifs is 1. The number of hydrogen-bond donors (Lipinski definition) is 3. The van der Waals surface area contributed by atoms with E-state index in [0.29, 0.717) is 37.0 Å². The van der Waals surface area contributed by atoms with E-state index in [1.54, 1.807) is 17.0 Å². The van der Waals surface area contributed by atoms with Crippen LogP contribution >= 0.6 is 11.3 Å². The zero-order chi connectivity index (χ0) is 30.5. The number of rotatable bonds is 7. The quantitative estimate of drug-likeness (QED) is 0.258. The van der Waals surface area contributed by atoms with Crippen molar-refractivity contribution < 1.29 is 32.3 Å². The minimum Gasteiger partial charge on any atom is -0.423 e. The van der Waals surface area contributed by atoms with Gasteiger partial charge in [-0.1, -0.05) is 18.2 Å². The topological polar surface area (TPSA) is 185 Å². The molecular weight excluding hydrogens is 596 g/mol. The molecule has 0 saturated carbocycles.